The summed E-state index contributed by atoms with van der Waals surface area (Å²) >= 11 is 6.55. The lowest BCUT2D eigenvalue weighted by Crippen LogP contribution is -2.35. The van der Waals surface area contributed by atoms with Crippen molar-refractivity contribution in [1.82, 2.24) is 0 Å². The largest absolute Gasteiger partial charge is 0.358 e. The molecule has 0 aromatic heterocycles. The fourth-order valence-electron chi connectivity index (χ4n) is 1.79. The summed E-state index contributed by atoms with van der Waals surface area (Å²) in [5.41, 5.74) is 1.75. The van der Waals surface area contributed by atoms with E-state index in [0.29, 0.717) is 11.3 Å². The molecule has 0 amide bonds. The molecule has 0 radical (unpaired) electrons. The summed E-state index contributed by atoms with van der Waals surface area (Å²) in [5, 5.41) is 3.69. The third kappa shape index (κ3) is 3.67. The minimum atomic E-state index is -3.99. The van der Waals surface area contributed by atoms with Crippen LogP contribution in [0.15, 0.2) is 46.0 Å². The van der Waals surface area contributed by atoms with Crippen molar-refractivity contribution < 1.29 is 17.5 Å². The number of Topliss-reactive ketones (excluding diaryl/α,β-unsaturated/α-hetero) is 1. The summed E-state index contributed by atoms with van der Waals surface area (Å²) in [4.78, 5) is 10.8. The summed E-state index contributed by atoms with van der Waals surface area (Å²) in [5.74, 6) is -0.0813. The van der Waals surface area contributed by atoms with Crippen LogP contribution in [-0.4, -0.2) is 29.6 Å². The number of allylic oxidation sites excluding steroid dienone is 2. The van der Waals surface area contributed by atoms with Crippen molar-refractivity contribution in [2.24, 2.45) is 5.16 Å². The van der Waals surface area contributed by atoms with Gasteiger partial charge in [0.2, 0.25) is 0 Å². The zero-order chi connectivity index (χ0) is 16.5. The van der Waals surface area contributed by atoms with Crippen LogP contribution in [0, 0.1) is 6.92 Å². The number of oxime groups is 1. The van der Waals surface area contributed by atoms with E-state index < -0.39 is 19.8 Å². The van der Waals surface area contributed by atoms with Gasteiger partial charge in [0.05, 0.1) is 15.4 Å². The first-order valence-corrected chi connectivity index (χ1v) is 9.55. The summed E-state index contributed by atoms with van der Waals surface area (Å²) in [6.45, 7) is 3.50. The van der Waals surface area contributed by atoms with Crippen molar-refractivity contribution in [2.75, 3.05) is 0 Å². The number of carbonyl (C=O) groups is 1. The van der Waals surface area contributed by atoms with Gasteiger partial charge in [-0.05, 0) is 37.6 Å². The van der Waals surface area contributed by atoms with E-state index in [4.69, 9.17) is 4.28 Å². The fourth-order valence-corrected chi connectivity index (χ4v) is 3.62. The molecular weight excluding hydrogens is 438 g/mol. The van der Waals surface area contributed by atoms with Gasteiger partial charge in [-0.25, -0.2) is 0 Å². The zero-order valence-electron chi connectivity index (χ0n) is 11.8. The van der Waals surface area contributed by atoms with Gasteiger partial charge in [0.25, 0.3) is 0 Å². The number of rotatable bonds is 3. The summed E-state index contributed by atoms with van der Waals surface area (Å²) in [6.07, 6.45) is 1.50. The monoisotopic (exact) mass is 449 g/mol. The van der Waals surface area contributed by atoms with E-state index in [1.807, 2.05) is 6.92 Å². The van der Waals surface area contributed by atoms with E-state index in [0.717, 1.165) is 5.56 Å². The summed E-state index contributed by atoms with van der Waals surface area (Å²) < 4.78 is 28.9. The molecule has 0 aliphatic heterocycles. The molecule has 8 heteroatoms. The van der Waals surface area contributed by atoms with E-state index in [9.17, 15) is 13.2 Å². The molecule has 2 rings (SSSR count). The molecule has 22 heavy (non-hydrogen) atoms. The lowest BCUT2D eigenvalue weighted by Gasteiger charge is -2.21. The van der Waals surface area contributed by atoms with Crippen molar-refractivity contribution in [3.63, 3.8) is 0 Å². The molecule has 0 saturated heterocycles. The lowest BCUT2D eigenvalue weighted by molar-refractivity contribution is -0.114. The van der Waals surface area contributed by atoms with Crippen LogP contribution < -0.4 is 0 Å². The fraction of sp³-hybridized carbons (Fsp3) is 0.286. The lowest BCUT2D eigenvalue weighted by atomic mass is 9.98. The Bertz CT molecular complexity index is 754. The van der Waals surface area contributed by atoms with Crippen LogP contribution in [0.25, 0.3) is 0 Å². The molecule has 0 fully saturated rings. The molecule has 0 N–H and O–H groups in total. The van der Waals surface area contributed by atoms with Gasteiger partial charge >= 0.3 is 10.1 Å². The van der Waals surface area contributed by atoms with Crippen molar-refractivity contribution in [1.29, 1.82) is 0 Å². The second-order valence-electron chi connectivity index (χ2n) is 4.85. The SMILES string of the molecule is CC1=C/C(=N\OS(=O)(=O)c2ccc(C)cc2)C(Br)C(Br)C1=O. The Kier molecular flexibility index (Phi) is 5.24. The molecule has 0 bridgehead atoms. The Morgan fingerprint density at radius 2 is 1.68 bits per heavy atom. The van der Waals surface area contributed by atoms with E-state index in [2.05, 4.69) is 37.0 Å². The maximum Gasteiger partial charge on any atom is 0.358 e. The predicted octanol–water partition coefficient (Wildman–Crippen LogP) is 3.11. The third-order valence-electron chi connectivity index (χ3n) is 3.09. The zero-order valence-corrected chi connectivity index (χ0v) is 15.8. The molecule has 118 valence electrons. The van der Waals surface area contributed by atoms with Gasteiger partial charge in [-0.2, -0.15) is 8.42 Å². The summed E-state index contributed by atoms with van der Waals surface area (Å²) in [6, 6.07) is 6.26. The molecule has 0 heterocycles. The van der Waals surface area contributed by atoms with Gasteiger partial charge in [0, 0.05) is 0 Å². The van der Waals surface area contributed by atoms with E-state index in [1.54, 1.807) is 19.1 Å². The van der Waals surface area contributed by atoms with Crippen molar-refractivity contribution >= 4 is 53.5 Å². The Labute approximate surface area is 145 Å². The second-order valence-corrected chi connectivity index (χ2v) is 8.35. The van der Waals surface area contributed by atoms with Crippen LogP contribution >= 0.6 is 31.9 Å². The first-order valence-electron chi connectivity index (χ1n) is 6.31. The van der Waals surface area contributed by atoms with Crippen molar-refractivity contribution in [2.45, 2.75) is 28.4 Å². The Balaban J connectivity index is 2.27. The highest BCUT2D eigenvalue weighted by Gasteiger charge is 2.33. The first kappa shape index (κ1) is 17.4. The number of ketones is 1. The minimum absolute atomic E-state index is 0.0246. The number of alkyl halides is 2. The number of benzene rings is 1. The maximum atomic E-state index is 12.1. The highest BCUT2D eigenvalue weighted by Crippen LogP contribution is 2.26. The molecule has 0 saturated carbocycles. The molecule has 1 aromatic carbocycles. The highest BCUT2D eigenvalue weighted by molar-refractivity contribution is 9.12. The van der Waals surface area contributed by atoms with Gasteiger partial charge in [0.1, 0.15) is 4.90 Å². The third-order valence-corrected chi connectivity index (χ3v) is 6.87. The standard InChI is InChI=1S/C14H13Br2NO4S/c1-8-3-5-10(6-4-8)22(19,20)21-17-11-7-9(2)14(18)13(16)12(11)15/h3-7,12-13H,1-2H3/b17-11+. The van der Waals surface area contributed by atoms with Gasteiger partial charge in [0.15, 0.2) is 5.78 Å². The predicted molar refractivity (Wildman–Crippen MR) is 91.1 cm³/mol. The number of halogens is 2. The van der Waals surface area contributed by atoms with Gasteiger partial charge < -0.3 is 0 Å². The number of nitrogens with zero attached hydrogens (tertiary/aromatic N) is 1. The normalized spacial score (nSPS) is 24.3. The average Bonchev–Trinajstić information content (AvgIpc) is 2.48. The number of hydrogen-bond acceptors (Lipinski definition) is 5. The van der Waals surface area contributed by atoms with E-state index >= 15 is 0 Å². The van der Waals surface area contributed by atoms with E-state index in [1.165, 1.54) is 18.2 Å². The van der Waals surface area contributed by atoms with Gasteiger partial charge in [-0.3, -0.25) is 9.08 Å². The van der Waals surface area contributed by atoms with Crippen LogP contribution in [-0.2, 0) is 19.2 Å². The second kappa shape index (κ2) is 6.64. The molecule has 2 atom stereocenters. The van der Waals surface area contributed by atoms with E-state index in [-0.39, 0.29) is 10.7 Å². The number of hydrogen-bond donors (Lipinski definition) is 0. The average molecular weight is 451 g/mol. The Hall–Kier alpha value is -0.990. The summed E-state index contributed by atoms with van der Waals surface area (Å²) in [7, 11) is -3.99. The van der Waals surface area contributed by atoms with Crippen molar-refractivity contribution in [3.05, 3.63) is 41.5 Å². The number of aryl methyl sites for hydroxylation is 1. The van der Waals surface area contributed by atoms with Crippen LogP contribution in [0.5, 0.6) is 0 Å². The highest BCUT2D eigenvalue weighted by atomic mass is 79.9. The molecule has 2 unspecified atom stereocenters. The molecule has 5 nitrogen and oxygen atoms in total. The Morgan fingerprint density at radius 3 is 2.27 bits per heavy atom. The topological polar surface area (TPSA) is 72.8 Å². The smallest absolute Gasteiger partial charge is 0.293 e. The molecule has 1 aliphatic carbocycles. The maximum absolute atomic E-state index is 12.1. The Morgan fingerprint density at radius 1 is 1.09 bits per heavy atom. The van der Waals surface area contributed by atoms with Gasteiger partial charge in [-0.15, -0.1) is 0 Å². The van der Waals surface area contributed by atoms with Crippen LogP contribution in [0.4, 0.5) is 0 Å². The minimum Gasteiger partial charge on any atom is -0.293 e. The molecule has 1 aromatic rings. The molecule has 0 spiro atoms. The first-order chi connectivity index (χ1) is 10.2. The van der Waals surface area contributed by atoms with Gasteiger partial charge in [-0.1, -0.05) is 54.7 Å². The van der Waals surface area contributed by atoms with Crippen molar-refractivity contribution in [3.8, 4) is 0 Å². The quantitative estimate of drug-likeness (QED) is 0.523. The van der Waals surface area contributed by atoms with Crippen LogP contribution in [0.2, 0.25) is 0 Å². The number of carbonyl (C=O) groups excluding carboxylic acids is 1. The molecule has 1 aliphatic rings. The van der Waals surface area contributed by atoms with Crippen LogP contribution in [0.1, 0.15) is 12.5 Å². The van der Waals surface area contributed by atoms with Crippen LogP contribution in [0.3, 0.4) is 0 Å². The molecular formula is C14H13Br2NO4S.